The summed E-state index contributed by atoms with van der Waals surface area (Å²) in [7, 11) is -3.13. The third-order valence-electron chi connectivity index (χ3n) is 2.61. The number of rotatable bonds is 1. The number of amides is 2. The van der Waals surface area contributed by atoms with Crippen molar-refractivity contribution in [3.05, 3.63) is 23.4 Å². The number of hydrogen-bond acceptors (Lipinski definition) is 8. The molecule has 1 aliphatic carbocycles. The maximum absolute atomic E-state index is 11.6. The van der Waals surface area contributed by atoms with Crippen molar-refractivity contribution < 1.29 is 61.8 Å². The van der Waals surface area contributed by atoms with E-state index in [-0.39, 0.29) is 41.1 Å². The van der Waals surface area contributed by atoms with Crippen molar-refractivity contribution in [1.82, 2.24) is 10.3 Å². The topological polar surface area (TPSA) is 185 Å². The largest absolute Gasteiger partial charge is 1.00 e. The number of aliphatic hydroxyl groups excluding tert-OH is 1. The Kier molecular flexibility index (Phi) is 8.06. The number of nitrogens with one attached hydrogen (secondary N) is 1. The van der Waals surface area contributed by atoms with Crippen LogP contribution in [0.4, 0.5) is 4.79 Å². The molecule has 5 N–H and O–H groups in total. The zero-order valence-corrected chi connectivity index (χ0v) is 15.1. The zero-order valence-electron chi connectivity index (χ0n) is 12.3. The Hall–Kier alpha value is -1.28. The van der Waals surface area contributed by atoms with Crippen molar-refractivity contribution in [2.24, 2.45) is 10.8 Å². The SMILES string of the molecule is CN1CC(O)C2=C/C(=N/NC(N)=O)C(=O)C=C21.O=S(=O)([O-])O.[Na+]. The second-order valence-electron chi connectivity index (χ2n) is 4.29. The number of allylic oxidation sites excluding steroid dienone is 2. The Morgan fingerprint density at radius 1 is 1.52 bits per heavy atom. The van der Waals surface area contributed by atoms with Crippen LogP contribution in [-0.4, -0.2) is 64.8 Å². The molecule has 122 valence electrons. The average molecular weight is 356 g/mol. The minimum atomic E-state index is -4.92. The molecule has 1 saturated heterocycles. The van der Waals surface area contributed by atoms with E-state index in [1.165, 1.54) is 12.2 Å². The van der Waals surface area contributed by atoms with Gasteiger partial charge in [-0.15, -0.1) is 0 Å². The number of nitrogens with zero attached hydrogens (tertiary/aromatic N) is 2. The number of carbonyl (C=O) groups excluding carboxylic acids is 2. The van der Waals surface area contributed by atoms with Gasteiger partial charge in [0.2, 0.25) is 16.2 Å². The van der Waals surface area contributed by atoms with Gasteiger partial charge in [-0.2, -0.15) is 5.10 Å². The molecule has 13 heteroatoms. The second-order valence-corrected chi connectivity index (χ2v) is 5.15. The molecule has 0 radical (unpaired) electrons. The molecule has 23 heavy (non-hydrogen) atoms. The van der Waals surface area contributed by atoms with Gasteiger partial charge in [0.15, 0.2) is 0 Å². The molecule has 0 aromatic rings. The van der Waals surface area contributed by atoms with Crippen LogP contribution >= 0.6 is 0 Å². The Morgan fingerprint density at radius 3 is 2.52 bits per heavy atom. The number of carbonyl (C=O) groups is 2. The summed E-state index contributed by atoms with van der Waals surface area (Å²) in [5, 5.41) is 13.3. The number of likely N-dealkylation sites (tertiary alicyclic amines) is 1. The van der Waals surface area contributed by atoms with Crippen molar-refractivity contribution in [1.29, 1.82) is 0 Å². The van der Waals surface area contributed by atoms with Crippen LogP contribution in [0, 0.1) is 0 Å². The Balaban J connectivity index is 0.000000709. The molecule has 0 bridgehead atoms. The molecule has 2 rings (SSSR count). The second kappa shape index (κ2) is 8.54. The summed E-state index contributed by atoms with van der Waals surface area (Å²) in [4.78, 5) is 23.9. The van der Waals surface area contributed by atoms with Crippen LogP contribution in [0.25, 0.3) is 0 Å². The van der Waals surface area contributed by atoms with Crippen LogP contribution in [0.2, 0.25) is 0 Å². The Bertz CT molecular complexity index is 677. The van der Waals surface area contributed by atoms with Crippen molar-refractivity contribution >= 4 is 27.9 Å². The van der Waals surface area contributed by atoms with Crippen LogP contribution in [-0.2, 0) is 15.2 Å². The minimum Gasteiger partial charge on any atom is -0.726 e. The first-order chi connectivity index (χ1) is 9.99. The number of aliphatic hydroxyl groups is 1. The number of hydrazone groups is 1. The first-order valence-electron chi connectivity index (χ1n) is 5.67. The van der Waals surface area contributed by atoms with Gasteiger partial charge in [0, 0.05) is 30.9 Å². The molecule has 0 saturated carbocycles. The summed E-state index contributed by atoms with van der Waals surface area (Å²) in [6.07, 6.45) is 2.19. The molecule has 0 spiro atoms. The monoisotopic (exact) mass is 356 g/mol. The van der Waals surface area contributed by atoms with Gasteiger partial charge in [-0.3, -0.25) is 9.35 Å². The molecular weight excluding hydrogens is 343 g/mol. The first-order valence-corrected chi connectivity index (χ1v) is 7.04. The normalized spacial score (nSPS) is 21.4. The third-order valence-corrected chi connectivity index (χ3v) is 2.61. The fourth-order valence-corrected chi connectivity index (χ4v) is 1.83. The van der Waals surface area contributed by atoms with Gasteiger partial charge >= 0.3 is 35.6 Å². The molecule has 1 unspecified atom stereocenters. The van der Waals surface area contributed by atoms with E-state index in [2.05, 4.69) is 5.10 Å². The van der Waals surface area contributed by atoms with E-state index in [4.69, 9.17) is 23.3 Å². The number of β-amino-alcohol motifs (C(OH)–C–C–N with tert-alkyl or cyclic N) is 1. The smallest absolute Gasteiger partial charge is 0.726 e. The predicted molar refractivity (Wildman–Crippen MR) is 72.3 cm³/mol. The zero-order chi connectivity index (χ0) is 17.1. The molecular formula is C10H13N4NaO7S. The van der Waals surface area contributed by atoms with Gasteiger partial charge in [-0.25, -0.2) is 18.6 Å². The molecule has 11 nitrogen and oxygen atoms in total. The van der Waals surface area contributed by atoms with Gasteiger partial charge in [0.25, 0.3) is 0 Å². The van der Waals surface area contributed by atoms with Crippen LogP contribution < -0.4 is 40.7 Å². The first kappa shape index (κ1) is 21.7. The molecule has 1 atom stereocenters. The number of urea groups is 1. The number of primary amides is 1. The Morgan fingerprint density at radius 2 is 2.04 bits per heavy atom. The number of fused-ring (bicyclic) bond motifs is 1. The molecule has 0 aromatic heterocycles. The molecule has 1 heterocycles. The Labute approximate surface area is 153 Å². The minimum absolute atomic E-state index is 0. The average Bonchev–Trinajstić information content (AvgIpc) is 2.59. The standard InChI is InChI=1S/C10H12N4O3.Na.H2O4S/c1-14-4-9(16)5-2-6(12-13-10(11)17)8(15)3-7(5)14;;1-5(2,3)4/h2-3,9,16H,4H2,1H3,(H3,11,13,17);;(H2,1,2,3,4)/q;+1;/p-1/b12-6-;;. The van der Waals surface area contributed by atoms with Crippen molar-refractivity contribution in [3.8, 4) is 0 Å². The quantitative estimate of drug-likeness (QED) is 0.118. The van der Waals surface area contributed by atoms with Crippen LogP contribution in [0.3, 0.4) is 0 Å². The summed E-state index contributed by atoms with van der Waals surface area (Å²) in [5.74, 6) is -0.335. The number of likely N-dealkylation sites (N-methyl/N-ethyl adjacent to an activating group) is 1. The van der Waals surface area contributed by atoms with Gasteiger partial charge in [-0.05, 0) is 6.08 Å². The van der Waals surface area contributed by atoms with E-state index in [1.54, 1.807) is 11.9 Å². The predicted octanol–water partition coefficient (Wildman–Crippen LogP) is -5.28. The third kappa shape index (κ3) is 7.22. The maximum Gasteiger partial charge on any atom is 1.00 e. The van der Waals surface area contributed by atoms with Crippen LogP contribution in [0.5, 0.6) is 0 Å². The summed E-state index contributed by atoms with van der Waals surface area (Å²) < 4.78 is 32.8. The molecule has 2 amide bonds. The van der Waals surface area contributed by atoms with Gasteiger partial charge < -0.3 is 20.3 Å². The molecule has 2 aliphatic rings. The summed E-state index contributed by atoms with van der Waals surface area (Å²) in [6.45, 7) is 0.432. The van der Waals surface area contributed by atoms with E-state index in [0.29, 0.717) is 17.8 Å². The van der Waals surface area contributed by atoms with E-state index >= 15 is 0 Å². The van der Waals surface area contributed by atoms with Gasteiger partial charge in [0.1, 0.15) is 5.71 Å². The van der Waals surface area contributed by atoms with Crippen molar-refractivity contribution in [2.45, 2.75) is 6.10 Å². The molecule has 1 aliphatic heterocycles. The fraction of sp³-hybridized carbons (Fsp3) is 0.300. The number of hydrogen-bond donors (Lipinski definition) is 4. The van der Waals surface area contributed by atoms with E-state index < -0.39 is 22.5 Å². The summed E-state index contributed by atoms with van der Waals surface area (Å²) in [6, 6.07) is -0.845. The molecule has 1 fully saturated rings. The van der Waals surface area contributed by atoms with E-state index in [1.807, 2.05) is 5.43 Å². The van der Waals surface area contributed by atoms with E-state index in [0.717, 1.165) is 0 Å². The van der Waals surface area contributed by atoms with Gasteiger partial charge in [0.05, 0.1) is 6.10 Å². The summed E-state index contributed by atoms with van der Waals surface area (Å²) >= 11 is 0. The van der Waals surface area contributed by atoms with E-state index in [9.17, 15) is 14.7 Å². The van der Waals surface area contributed by atoms with Crippen LogP contribution in [0.1, 0.15) is 0 Å². The van der Waals surface area contributed by atoms with Crippen LogP contribution in [0.15, 0.2) is 28.5 Å². The number of nitrogens with two attached hydrogens (primary N) is 1. The fourth-order valence-electron chi connectivity index (χ4n) is 1.83. The van der Waals surface area contributed by atoms with Gasteiger partial charge in [-0.1, -0.05) is 0 Å². The van der Waals surface area contributed by atoms with Crippen molar-refractivity contribution in [3.63, 3.8) is 0 Å². The maximum atomic E-state index is 11.6. The molecule has 0 aromatic carbocycles. The number of ketones is 1. The summed E-state index contributed by atoms with van der Waals surface area (Å²) in [5.41, 5.74) is 8.19. The van der Waals surface area contributed by atoms with Crippen molar-refractivity contribution in [2.75, 3.05) is 13.6 Å².